The van der Waals surface area contributed by atoms with Crippen molar-refractivity contribution >= 4 is 0 Å². The van der Waals surface area contributed by atoms with Gasteiger partial charge in [0.15, 0.2) is 0 Å². The van der Waals surface area contributed by atoms with Crippen molar-refractivity contribution in [2.75, 3.05) is 13.2 Å². The van der Waals surface area contributed by atoms with E-state index in [9.17, 15) is 0 Å². The highest BCUT2D eigenvalue weighted by atomic mass is 16.5. The van der Waals surface area contributed by atoms with Crippen LogP contribution in [0.25, 0.3) is 0 Å². The van der Waals surface area contributed by atoms with E-state index in [1.54, 1.807) is 0 Å². The van der Waals surface area contributed by atoms with E-state index in [0.717, 1.165) is 6.61 Å². The molecular weight excluding hydrogens is 150 g/mol. The zero-order valence-electron chi connectivity index (χ0n) is 8.89. The topological polar surface area (TPSA) is 35.2 Å². The van der Waals surface area contributed by atoms with Gasteiger partial charge >= 0.3 is 0 Å². The zero-order valence-corrected chi connectivity index (χ0v) is 8.89. The number of hydrogen-bond acceptors (Lipinski definition) is 2. The summed E-state index contributed by atoms with van der Waals surface area (Å²) < 4.78 is 5.67. The average Bonchev–Trinajstić information content (AvgIpc) is 2.02. The van der Waals surface area contributed by atoms with Gasteiger partial charge in [0.2, 0.25) is 0 Å². The molecule has 0 spiro atoms. The first-order valence-corrected chi connectivity index (χ1v) is 4.86. The lowest BCUT2D eigenvalue weighted by Gasteiger charge is -2.25. The van der Waals surface area contributed by atoms with Crippen LogP contribution in [0.2, 0.25) is 0 Å². The molecule has 0 heterocycles. The van der Waals surface area contributed by atoms with Gasteiger partial charge in [-0.1, -0.05) is 20.3 Å². The summed E-state index contributed by atoms with van der Waals surface area (Å²) in [6.45, 7) is 9.90. The Morgan fingerprint density at radius 3 is 2.42 bits per heavy atom. The quantitative estimate of drug-likeness (QED) is 0.668. The maximum atomic E-state index is 5.67. The standard InChI is InChI=1S/C10H23NO/c1-5-6-9(2)7-12-10(3,4)8-11/h9H,5-8,11H2,1-4H3. The maximum Gasteiger partial charge on any atom is 0.0748 e. The maximum absolute atomic E-state index is 5.67. The first kappa shape index (κ1) is 11.9. The largest absolute Gasteiger partial charge is 0.374 e. The van der Waals surface area contributed by atoms with Crippen LogP contribution in [0.15, 0.2) is 0 Å². The van der Waals surface area contributed by atoms with E-state index in [1.807, 2.05) is 13.8 Å². The van der Waals surface area contributed by atoms with Crippen LogP contribution in [-0.4, -0.2) is 18.8 Å². The summed E-state index contributed by atoms with van der Waals surface area (Å²) in [5, 5.41) is 0. The van der Waals surface area contributed by atoms with Crippen LogP contribution in [0, 0.1) is 5.92 Å². The fourth-order valence-electron chi connectivity index (χ4n) is 1.00. The molecule has 2 N–H and O–H groups in total. The minimum atomic E-state index is -0.151. The molecule has 0 amide bonds. The van der Waals surface area contributed by atoms with E-state index in [0.29, 0.717) is 12.5 Å². The zero-order chi connectivity index (χ0) is 9.61. The fraction of sp³-hybridized carbons (Fsp3) is 1.00. The monoisotopic (exact) mass is 173 g/mol. The second kappa shape index (κ2) is 5.55. The molecule has 1 unspecified atom stereocenters. The van der Waals surface area contributed by atoms with Gasteiger partial charge in [0.1, 0.15) is 0 Å². The predicted molar refractivity (Wildman–Crippen MR) is 53.2 cm³/mol. The molecule has 0 aromatic rings. The van der Waals surface area contributed by atoms with Crippen LogP contribution < -0.4 is 5.73 Å². The van der Waals surface area contributed by atoms with Crippen molar-refractivity contribution < 1.29 is 4.74 Å². The predicted octanol–water partition coefficient (Wildman–Crippen LogP) is 2.18. The summed E-state index contributed by atoms with van der Waals surface area (Å²) >= 11 is 0. The van der Waals surface area contributed by atoms with E-state index in [1.165, 1.54) is 12.8 Å². The highest BCUT2D eigenvalue weighted by molar-refractivity contribution is 4.69. The number of rotatable bonds is 6. The van der Waals surface area contributed by atoms with Crippen LogP contribution >= 0.6 is 0 Å². The molecule has 0 aliphatic heterocycles. The summed E-state index contributed by atoms with van der Waals surface area (Å²) in [6.07, 6.45) is 2.47. The summed E-state index contributed by atoms with van der Waals surface area (Å²) in [4.78, 5) is 0. The van der Waals surface area contributed by atoms with Crippen molar-refractivity contribution in [1.82, 2.24) is 0 Å². The average molecular weight is 173 g/mol. The van der Waals surface area contributed by atoms with Crippen molar-refractivity contribution in [1.29, 1.82) is 0 Å². The molecule has 1 atom stereocenters. The first-order chi connectivity index (χ1) is 5.52. The van der Waals surface area contributed by atoms with Crippen LogP contribution in [-0.2, 0) is 4.74 Å². The molecule has 0 aliphatic carbocycles. The smallest absolute Gasteiger partial charge is 0.0748 e. The van der Waals surface area contributed by atoms with Gasteiger partial charge in [-0.25, -0.2) is 0 Å². The Hall–Kier alpha value is -0.0800. The van der Waals surface area contributed by atoms with Crippen molar-refractivity contribution in [2.45, 2.75) is 46.1 Å². The van der Waals surface area contributed by atoms with Gasteiger partial charge in [0.05, 0.1) is 5.60 Å². The molecule has 12 heavy (non-hydrogen) atoms. The first-order valence-electron chi connectivity index (χ1n) is 4.86. The summed E-state index contributed by atoms with van der Waals surface area (Å²) in [6, 6.07) is 0. The Morgan fingerprint density at radius 1 is 1.42 bits per heavy atom. The van der Waals surface area contributed by atoms with Crippen molar-refractivity contribution in [3.63, 3.8) is 0 Å². The number of ether oxygens (including phenoxy) is 1. The minimum absolute atomic E-state index is 0.151. The van der Waals surface area contributed by atoms with E-state index in [2.05, 4.69) is 13.8 Å². The third-order valence-corrected chi connectivity index (χ3v) is 2.03. The van der Waals surface area contributed by atoms with Crippen LogP contribution in [0.1, 0.15) is 40.5 Å². The summed E-state index contributed by atoms with van der Waals surface area (Å²) in [7, 11) is 0. The Bertz CT molecular complexity index is 112. The normalized spacial score (nSPS) is 14.8. The third kappa shape index (κ3) is 5.56. The molecule has 74 valence electrons. The molecule has 0 aromatic heterocycles. The van der Waals surface area contributed by atoms with Gasteiger partial charge in [-0.15, -0.1) is 0 Å². The van der Waals surface area contributed by atoms with Crippen LogP contribution in [0.4, 0.5) is 0 Å². The fourth-order valence-corrected chi connectivity index (χ4v) is 1.00. The molecule has 0 bridgehead atoms. The molecule has 0 rings (SSSR count). The molecule has 2 nitrogen and oxygen atoms in total. The molecule has 0 aliphatic rings. The van der Waals surface area contributed by atoms with E-state index < -0.39 is 0 Å². The Kier molecular flexibility index (Phi) is 5.51. The molecule has 0 saturated heterocycles. The van der Waals surface area contributed by atoms with Crippen molar-refractivity contribution in [3.8, 4) is 0 Å². The SMILES string of the molecule is CCCC(C)COC(C)(C)CN. The van der Waals surface area contributed by atoms with Gasteiger partial charge in [-0.2, -0.15) is 0 Å². The molecule has 2 heteroatoms. The van der Waals surface area contributed by atoms with Gasteiger partial charge < -0.3 is 10.5 Å². The summed E-state index contributed by atoms with van der Waals surface area (Å²) in [5.74, 6) is 0.654. The lowest BCUT2D eigenvalue weighted by atomic mass is 10.1. The second-order valence-electron chi connectivity index (χ2n) is 4.17. The van der Waals surface area contributed by atoms with E-state index >= 15 is 0 Å². The molecule has 0 saturated carbocycles. The summed E-state index contributed by atoms with van der Waals surface area (Å²) in [5.41, 5.74) is 5.39. The lowest BCUT2D eigenvalue weighted by Crippen LogP contribution is -2.35. The van der Waals surface area contributed by atoms with Gasteiger partial charge in [-0.05, 0) is 26.2 Å². The van der Waals surface area contributed by atoms with Crippen molar-refractivity contribution in [3.05, 3.63) is 0 Å². The lowest BCUT2D eigenvalue weighted by molar-refractivity contribution is -0.0273. The van der Waals surface area contributed by atoms with Gasteiger partial charge in [-0.3, -0.25) is 0 Å². The Balaban J connectivity index is 3.52. The van der Waals surface area contributed by atoms with Crippen LogP contribution in [0.5, 0.6) is 0 Å². The van der Waals surface area contributed by atoms with Crippen LogP contribution in [0.3, 0.4) is 0 Å². The second-order valence-corrected chi connectivity index (χ2v) is 4.17. The Morgan fingerprint density at radius 2 is 2.00 bits per heavy atom. The Labute approximate surface area is 76.5 Å². The highest BCUT2D eigenvalue weighted by Gasteiger charge is 2.16. The van der Waals surface area contributed by atoms with Gasteiger partial charge in [0.25, 0.3) is 0 Å². The number of nitrogens with two attached hydrogens (primary N) is 1. The van der Waals surface area contributed by atoms with Crippen molar-refractivity contribution in [2.24, 2.45) is 11.7 Å². The molecule has 0 aromatic carbocycles. The molecular formula is C10H23NO. The highest BCUT2D eigenvalue weighted by Crippen LogP contribution is 2.12. The molecule has 0 fully saturated rings. The number of hydrogen-bond donors (Lipinski definition) is 1. The van der Waals surface area contributed by atoms with Gasteiger partial charge in [0, 0.05) is 13.2 Å². The third-order valence-electron chi connectivity index (χ3n) is 2.03. The van der Waals surface area contributed by atoms with E-state index in [-0.39, 0.29) is 5.60 Å². The minimum Gasteiger partial charge on any atom is -0.374 e. The molecule has 0 radical (unpaired) electrons. The van der Waals surface area contributed by atoms with E-state index in [4.69, 9.17) is 10.5 Å².